The summed E-state index contributed by atoms with van der Waals surface area (Å²) < 4.78 is 0. The fraction of sp³-hybridized carbons (Fsp3) is 0.875. The maximum atomic E-state index is 11.4. The van der Waals surface area contributed by atoms with Crippen LogP contribution in [0.5, 0.6) is 0 Å². The molecule has 118 valence electrons. The lowest BCUT2D eigenvalue weighted by atomic mass is 10.1. The number of carboxylic acid groups (broad SMARTS) is 1. The molecule has 0 unspecified atom stereocenters. The third-order valence-electron chi connectivity index (χ3n) is 3.51. The van der Waals surface area contributed by atoms with E-state index in [9.17, 15) is 9.59 Å². The Hall–Kier alpha value is -1.06. The molecule has 0 saturated heterocycles. The van der Waals surface area contributed by atoms with Crippen LogP contribution in [0.1, 0.15) is 84.5 Å². The molecule has 0 spiro atoms. The summed E-state index contributed by atoms with van der Waals surface area (Å²) in [4.78, 5) is 22.0. The van der Waals surface area contributed by atoms with Crippen molar-refractivity contribution in [2.24, 2.45) is 0 Å². The van der Waals surface area contributed by atoms with E-state index in [-0.39, 0.29) is 5.91 Å². The third-order valence-corrected chi connectivity index (χ3v) is 3.51. The van der Waals surface area contributed by atoms with Crippen molar-refractivity contribution in [2.45, 2.75) is 90.5 Å². The standard InChI is InChI=1S/C16H31NO3/c1-3-4-5-6-7-8-9-10-11-12-13-15(18)17-14(2)16(19)20/h14H,3-13H2,1-2H3,(H,17,18)(H,19,20)/t14-/m0/s1. The van der Waals surface area contributed by atoms with Gasteiger partial charge in [-0.2, -0.15) is 0 Å². The molecule has 0 heterocycles. The molecule has 4 nitrogen and oxygen atoms in total. The van der Waals surface area contributed by atoms with Gasteiger partial charge < -0.3 is 10.4 Å². The van der Waals surface area contributed by atoms with Crippen molar-refractivity contribution >= 4 is 11.9 Å². The summed E-state index contributed by atoms with van der Waals surface area (Å²) in [6.07, 6.45) is 12.8. The molecular formula is C16H31NO3. The molecule has 0 saturated carbocycles. The number of unbranched alkanes of at least 4 members (excludes halogenated alkanes) is 9. The van der Waals surface area contributed by atoms with Crippen LogP contribution in [0.15, 0.2) is 0 Å². The minimum absolute atomic E-state index is 0.153. The van der Waals surface area contributed by atoms with Crippen LogP contribution in [0.25, 0.3) is 0 Å². The summed E-state index contributed by atoms with van der Waals surface area (Å²) >= 11 is 0. The van der Waals surface area contributed by atoms with Gasteiger partial charge in [-0.3, -0.25) is 9.59 Å². The second-order valence-corrected chi connectivity index (χ2v) is 5.56. The maximum Gasteiger partial charge on any atom is 0.325 e. The molecule has 0 radical (unpaired) electrons. The predicted molar refractivity (Wildman–Crippen MR) is 81.7 cm³/mol. The van der Waals surface area contributed by atoms with E-state index >= 15 is 0 Å². The lowest BCUT2D eigenvalue weighted by Crippen LogP contribution is -2.38. The van der Waals surface area contributed by atoms with Crippen LogP contribution in [0, 0.1) is 0 Å². The van der Waals surface area contributed by atoms with E-state index in [1.54, 1.807) is 0 Å². The summed E-state index contributed by atoms with van der Waals surface area (Å²) in [6.45, 7) is 3.71. The fourth-order valence-corrected chi connectivity index (χ4v) is 2.15. The number of rotatable bonds is 13. The van der Waals surface area contributed by atoms with Crippen LogP contribution in [0.2, 0.25) is 0 Å². The van der Waals surface area contributed by atoms with E-state index < -0.39 is 12.0 Å². The molecule has 0 aromatic carbocycles. The molecule has 0 aromatic rings. The molecule has 0 aromatic heterocycles. The predicted octanol–water partition coefficient (Wildman–Crippen LogP) is 3.89. The highest BCUT2D eigenvalue weighted by Gasteiger charge is 2.12. The van der Waals surface area contributed by atoms with Crippen molar-refractivity contribution in [2.75, 3.05) is 0 Å². The average Bonchev–Trinajstić information content (AvgIpc) is 2.40. The molecule has 0 fully saturated rings. The quantitative estimate of drug-likeness (QED) is 0.505. The summed E-state index contributed by atoms with van der Waals surface area (Å²) in [5, 5.41) is 11.1. The van der Waals surface area contributed by atoms with Crippen molar-refractivity contribution < 1.29 is 14.7 Å². The molecule has 20 heavy (non-hydrogen) atoms. The first-order chi connectivity index (χ1) is 9.57. The number of carbonyl (C=O) groups excluding carboxylic acids is 1. The van der Waals surface area contributed by atoms with Crippen molar-refractivity contribution in [3.63, 3.8) is 0 Å². The Morgan fingerprint density at radius 1 is 0.900 bits per heavy atom. The summed E-state index contributed by atoms with van der Waals surface area (Å²) in [6, 6.07) is -0.786. The van der Waals surface area contributed by atoms with Gasteiger partial charge >= 0.3 is 5.97 Å². The van der Waals surface area contributed by atoms with Gasteiger partial charge in [-0.25, -0.2) is 0 Å². The Morgan fingerprint density at radius 2 is 1.35 bits per heavy atom. The minimum atomic E-state index is -0.985. The Balaban J connectivity index is 3.27. The Labute approximate surface area is 123 Å². The smallest absolute Gasteiger partial charge is 0.325 e. The number of hydrogen-bond acceptors (Lipinski definition) is 2. The highest BCUT2D eigenvalue weighted by atomic mass is 16.4. The summed E-state index contributed by atoms with van der Waals surface area (Å²) in [7, 11) is 0. The first-order valence-corrected chi connectivity index (χ1v) is 8.10. The Kier molecular flexibility index (Phi) is 12.3. The van der Waals surface area contributed by atoms with Crippen molar-refractivity contribution in [1.29, 1.82) is 0 Å². The Morgan fingerprint density at radius 3 is 1.80 bits per heavy atom. The van der Waals surface area contributed by atoms with Gasteiger partial charge in [0.25, 0.3) is 0 Å². The number of amides is 1. The van der Waals surface area contributed by atoms with Gasteiger partial charge in [-0.05, 0) is 13.3 Å². The zero-order chi connectivity index (χ0) is 15.2. The zero-order valence-electron chi connectivity index (χ0n) is 13.1. The zero-order valence-corrected chi connectivity index (χ0v) is 13.1. The molecule has 0 bridgehead atoms. The van der Waals surface area contributed by atoms with Crippen molar-refractivity contribution in [1.82, 2.24) is 5.32 Å². The molecule has 1 amide bonds. The lowest BCUT2D eigenvalue weighted by molar-refractivity contribution is -0.141. The van der Waals surface area contributed by atoms with Crippen LogP contribution >= 0.6 is 0 Å². The first kappa shape index (κ1) is 18.9. The minimum Gasteiger partial charge on any atom is -0.480 e. The van der Waals surface area contributed by atoms with Gasteiger partial charge in [-0.15, -0.1) is 0 Å². The number of carbonyl (C=O) groups is 2. The lowest BCUT2D eigenvalue weighted by Gasteiger charge is -2.08. The van der Waals surface area contributed by atoms with Gasteiger partial charge in [0.15, 0.2) is 0 Å². The van der Waals surface area contributed by atoms with Gasteiger partial charge in [0, 0.05) is 6.42 Å². The van der Waals surface area contributed by atoms with Crippen LogP contribution in [-0.4, -0.2) is 23.0 Å². The van der Waals surface area contributed by atoms with E-state index in [0.717, 1.165) is 12.8 Å². The normalized spacial score (nSPS) is 12.1. The van der Waals surface area contributed by atoms with Gasteiger partial charge in [0.1, 0.15) is 6.04 Å². The second kappa shape index (κ2) is 12.9. The van der Waals surface area contributed by atoms with Crippen LogP contribution < -0.4 is 5.32 Å². The number of nitrogens with one attached hydrogen (secondary N) is 1. The molecule has 0 aliphatic heterocycles. The summed E-state index contributed by atoms with van der Waals surface area (Å²) in [5.41, 5.74) is 0. The van der Waals surface area contributed by atoms with Crippen LogP contribution in [0.3, 0.4) is 0 Å². The number of aliphatic carboxylic acids is 1. The van der Waals surface area contributed by atoms with Crippen LogP contribution in [-0.2, 0) is 9.59 Å². The first-order valence-electron chi connectivity index (χ1n) is 8.10. The number of carboxylic acids is 1. The SMILES string of the molecule is CCCCCCCCCCCCC(=O)N[C@@H](C)C(=O)O. The Bertz CT molecular complexity index is 266. The number of hydrogen-bond donors (Lipinski definition) is 2. The monoisotopic (exact) mass is 285 g/mol. The molecule has 0 aliphatic rings. The topological polar surface area (TPSA) is 66.4 Å². The molecule has 2 N–H and O–H groups in total. The largest absolute Gasteiger partial charge is 0.480 e. The summed E-state index contributed by atoms with van der Waals surface area (Å²) in [5.74, 6) is -1.14. The van der Waals surface area contributed by atoms with E-state index in [1.165, 1.54) is 58.3 Å². The molecular weight excluding hydrogens is 254 g/mol. The van der Waals surface area contributed by atoms with E-state index in [0.29, 0.717) is 6.42 Å². The van der Waals surface area contributed by atoms with Crippen molar-refractivity contribution in [3.8, 4) is 0 Å². The maximum absolute atomic E-state index is 11.4. The van der Waals surface area contributed by atoms with Gasteiger partial charge in [0.2, 0.25) is 5.91 Å². The highest BCUT2D eigenvalue weighted by molar-refractivity contribution is 5.83. The molecule has 1 atom stereocenters. The van der Waals surface area contributed by atoms with E-state index in [4.69, 9.17) is 5.11 Å². The molecule has 0 rings (SSSR count). The fourth-order valence-electron chi connectivity index (χ4n) is 2.15. The molecule has 4 heteroatoms. The second-order valence-electron chi connectivity index (χ2n) is 5.56. The van der Waals surface area contributed by atoms with Crippen LogP contribution in [0.4, 0.5) is 0 Å². The highest BCUT2D eigenvalue weighted by Crippen LogP contribution is 2.11. The van der Waals surface area contributed by atoms with Crippen molar-refractivity contribution in [3.05, 3.63) is 0 Å². The van der Waals surface area contributed by atoms with E-state index in [2.05, 4.69) is 12.2 Å². The molecule has 0 aliphatic carbocycles. The van der Waals surface area contributed by atoms with E-state index in [1.807, 2.05) is 0 Å². The van der Waals surface area contributed by atoms with Gasteiger partial charge in [-0.1, -0.05) is 64.7 Å². The third kappa shape index (κ3) is 12.0. The van der Waals surface area contributed by atoms with Gasteiger partial charge in [0.05, 0.1) is 0 Å². The average molecular weight is 285 g/mol.